The second-order valence-corrected chi connectivity index (χ2v) is 11.7. The van der Waals surface area contributed by atoms with E-state index in [2.05, 4.69) is 10.6 Å². The van der Waals surface area contributed by atoms with Crippen LogP contribution in [0.1, 0.15) is 18.1 Å². The van der Waals surface area contributed by atoms with Gasteiger partial charge in [-0.3, -0.25) is 14.3 Å². The van der Waals surface area contributed by atoms with Crippen molar-refractivity contribution in [3.8, 4) is 16.1 Å². The summed E-state index contributed by atoms with van der Waals surface area (Å²) in [6.45, 7) is 2.48. The molecule has 2 heterocycles. The molecule has 2 N–H and O–H groups in total. The summed E-state index contributed by atoms with van der Waals surface area (Å²) in [5, 5.41) is 5.30. The molecule has 0 radical (unpaired) electrons. The maximum atomic E-state index is 15.2. The lowest BCUT2D eigenvalue weighted by Crippen LogP contribution is -2.40. The number of carbonyl (C=O) groups is 1. The lowest BCUT2D eigenvalue weighted by Gasteiger charge is -2.18. The number of urea groups is 1. The number of likely N-dealkylation sites (N-methyl/N-ethyl adjacent to an activating group) is 1. The van der Waals surface area contributed by atoms with Crippen LogP contribution in [0.2, 0.25) is 0 Å². The van der Waals surface area contributed by atoms with Crippen molar-refractivity contribution in [1.82, 2.24) is 19.4 Å². The lowest BCUT2D eigenvalue weighted by molar-refractivity contribution is 0.159. The minimum atomic E-state index is -1.18. The molecule has 5 aromatic rings. The molecule has 0 aliphatic carbocycles. The van der Waals surface area contributed by atoms with Crippen LogP contribution in [0.5, 0.6) is 0 Å². The van der Waals surface area contributed by atoms with Crippen LogP contribution >= 0.6 is 11.3 Å². The van der Waals surface area contributed by atoms with Gasteiger partial charge < -0.3 is 15.4 Å². The minimum Gasteiger partial charge on any atom is -0.383 e. The second kappa shape index (κ2) is 14.3. The number of amides is 2. The minimum absolute atomic E-state index is 0.0437. The molecule has 2 amide bonds. The third-order valence-corrected chi connectivity index (χ3v) is 8.76. The van der Waals surface area contributed by atoms with Crippen molar-refractivity contribution in [2.24, 2.45) is 0 Å². The number of rotatable bonds is 11. The normalized spacial score (nSPS) is 11.4. The van der Waals surface area contributed by atoms with Crippen molar-refractivity contribution in [3.63, 3.8) is 0 Å². The maximum Gasteiger partial charge on any atom is 0.337 e. The predicted octanol–water partition coefficient (Wildman–Crippen LogP) is 5.71. The molecule has 0 aliphatic rings. The van der Waals surface area contributed by atoms with Crippen molar-refractivity contribution >= 4 is 33.3 Å². The van der Waals surface area contributed by atoms with Gasteiger partial charge in [-0.05, 0) is 61.5 Å². The zero-order chi connectivity index (χ0) is 33.8. The van der Waals surface area contributed by atoms with Crippen molar-refractivity contribution in [1.29, 1.82) is 0 Å². The number of anilines is 1. The first-order valence-corrected chi connectivity index (χ1v) is 15.4. The number of benzene rings is 3. The molecule has 0 atom stereocenters. The Morgan fingerprint density at radius 2 is 1.53 bits per heavy atom. The Labute approximate surface area is 270 Å². The highest BCUT2D eigenvalue weighted by Gasteiger charge is 2.27. The first-order chi connectivity index (χ1) is 22.5. The van der Waals surface area contributed by atoms with Gasteiger partial charge in [0, 0.05) is 42.9 Å². The Hall–Kier alpha value is -4.79. The van der Waals surface area contributed by atoms with Crippen LogP contribution in [0, 0.1) is 23.3 Å². The number of nitrogens with zero attached hydrogens (tertiary/aromatic N) is 3. The Kier molecular flexibility index (Phi) is 10.2. The number of fused-ring (bicyclic) bond motifs is 1. The van der Waals surface area contributed by atoms with E-state index in [4.69, 9.17) is 4.74 Å². The summed E-state index contributed by atoms with van der Waals surface area (Å²) in [5.74, 6) is -4.22. The highest BCUT2D eigenvalue weighted by atomic mass is 32.1. The number of para-hydroxylation sites is 1. The zero-order valence-electron chi connectivity index (χ0n) is 25.7. The fourth-order valence-electron chi connectivity index (χ4n) is 5.17. The molecule has 0 unspecified atom stereocenters. The van der Waals surface area contributed by atoms with Gasteiger partial charge in [0.05, 0.1) is 18.5 Å². The molecule has 0 fully saturated rings. The molecule has 47 heavy (non-hydrogen) atoms. The van der Waals surface area contributed by atoms with Crippen LogP contribution < -0.4 is 21.9 Å². The number of thiophene rings is 1. The molecule has 0 bridgehead atoms. The summed E-state index contributed by atoms with van der Waals surface area (Å²) in [6, 6.07) is 12.5. The first kappa shape index (κ1) is 33.6. The van der Waals surface area contributed by atoms with Crippen LogP contribution in [0.25, 0.3) is 26.3 Å². The van der Waals surface area contributed by atoms with Crippen LogP contribution in [0.15, 0.2) is 70.3 Å². The van der Waals surface area contributed by atoms with E-state index < -0.39 is 58.3 Å². The van der Waals surface area contributed by atoms with Gasteiger partial charge in [0.25, 0.3) is 5.56 Å². The number of hydrogen-bond acceptors (Lipinski definition) is 6. The van der Waals surface area contributed by atoms with Crippen molar-refractivity contribution in [2.75, 3.05) is 39.2 Å². The van der Waals surface area contributed by atoms with Gasteiger partial charge in [0.1, 0.15) is 33.8 Å². The number of methoxy groups -OCH3 is 1. The van der Waals surface area contributed by atoms with E-state index in [0.717, 1.165) is 46.2 Å². The molecule has 0 saturated carbocycles. The monoisotopic (exact) mass is 669 g/mol. The number of halogens is 4. The fourth-order valence-corrected chi connectivity index (χ4v) is 6.47. The molecule has 0 spiro atoms. The predicted molar refractivity (Wildman–Crippen MR) is 173 cm³/mol. The molecule has 3 aromatic carbocycles. The van der Waals surface area contributed by atoms with Gasteiger partial charge in [0.15, 0.2) is 0 Å². The third kappa shape index (κ3) is 6.84. The lowest BCUT2D eigenvalue weighted by atomic mass is 10.1. The van der Waals surface area contributed by atoms with Crippen LogP contribution in [-0.4, -0.2) is 53.9 Å². The highest BCUT2D eigenvalue weighted by Crippen LogP contribution is 2.38. The van der Waals surface area contributed by atoms with E-state index in [9.17, 15) is 23.2 Å². The van der Waals surface area contributed by atoms with Crippen molar-refractivity contribution in [3.05, 3.63) is 116 Å². The standard InChI is InChI=1S/C33H31F4N5O4S/c1-4-38-32(44)39-20-13-11-19(12-14-20)29-22(17-40(2)15-16-46-3)27-30(43)42(28-25(36)9-6-10-26(28)37)33(45)41(31(27)47-29)18-21-23(34)7-5-8-24(21)35/h5-14H,4,15-18H2,1-3H3,(H2,38,39,44). The van der Waals surface area contributed by atoms with E-state index in [1.807, 2.05) is 4.90 Å². The van der Waals surface area contributed by atoms with Gasteiger partial charge in [0.2, 0.25) is 0 Å². The number of aromatic nitrogens is 2. The van der Waals surface area contributed by atoms with E-state index in [-0.39, 0.29) is 16.8 Å². The van der Waals surface area contributed by atoms with Gasteiger partial charge >= 0.3 is 11.7 Å². The summed E-state index contributed by atoms with van der Waals surface area (Å²) in [7, 11) is 3.32. The Bertz CT molecular complexity index is 2020. The summed E-state index contributed by atoms with van der Waals surface area (Å²) in [6.07, 6.45) is 0. The molecule has 9 nitrogen and oxygen atoms in total. The summed E-state index contributed by atoms with van der Waals surface area (Å²) in [5.41, 5.74) is -2.03. The third-order valence-electron chi connectivity index (χ3n) is 7.46. The van der Waals surface area contributed by atoms with Gasteiger partial charge in [-0.15, -0.1) is 11.3 Å². The van der Waals surface area contributed by atoms with Crippen molar-refractivity contribution in [2.45, 2.75) is 20.0 Å². The number of carbonyl (C=O) groups excluding carboxylic acids is 1. The SMILES string of the molecule is CCNC(=O)Nc1ccc(-c2sc3c(c2CN(C)CCOC)c(=O)n(-c2c(F)cccc2F)c(=O)n3Cc2c(F)cccc2F)cc1. The molecule has 5 rings (SSSR count). The molecule has 0 aliphatic heterocycles. The van der Waals surface area contributed by atoms with Crippen molar-refractivity contribution < 1.29 is 27.1 Å². The Balaban J connectivity index is 1.83. The van der Waals surface area contributed by atoms with E-state index >= 15 is 8.78 Å². The van der Waals surface area contributed by atoms with Gasteiger partial charge in [-0.1, -0.05) is 24.3 Å². The summed E-state index contributed by atoms with van der Waals surface area (Å²) < 4.78 is 66.7. The number of hydrogen-bond donors (Lipinski definition) is 2. The van der Waals surface area contributed by atoms with Gasteiger partial charge in [-0.2, -0.15) is 0 Å². The smallest absolute Gasteiger partial charge is 0.337 e. The van der Waals surface area contributed by atoms with E-state index in [0.29, 0.717) is 46.0 Å². The molecular formula is C33H31F4N5O4S. The van der Waals surface area contributed by atoms with Gasteiger partial charge in [-0.25, -0.2) is 31.7 Å². The molecular weight excluding hydrogens is 638 g/mol. The molecule has 246 valence electrons. The second-order valence-electron chi connectivity index (χ2n) is 10.7. The number of nitrogens with one attached hydrogen (secondary N) is 2. The fraction of sp³-hybridized carbons (Fsp3) is 0.242. The van der Waals surface area contributed by atoms with E-state index in [1.165, 1.54) is 13.2 Å². The average Bonchev–Trinajstić information content (AvgIpc) is 3.40. The molecule has 0 saturated heterocycles. The first-order valence-electron chi connectivity index (χ1n) is 14.6. The van der Waals surface area contributed by atoms with Crippen LogP contribution in [0.4, 0.5) is 28.0 Å². The summed E-state index contributed by atoms with van der Waals surface area (Å²) in [4.78, 5) is 42.8. The quantitative estimate of drug-likeness (QED) is 0.176. The topological polar surface area (TPSA) is 97.6 Å². The molecule has 2 aromatic heterocycles. The summed E-state index contributed by atoms with van der Waals surface area (Å²) >= 11 is 1.03. The van der Waals surface area contributed by atoms with E-state index in [1.54, 1.807) is 38.2 Å². The maximum absolute atomic E-state index is 15.2. The Morgan fingerprint density at radius 3 is 2.13 bits per heavy atom. The van der Waals surface area contributed by atoms with Crippen LogP contribution in [-0.2, 0) is 17.8 Å². The highest BCUT2D eigenvalue weighted by molar-refractivity contribution is 7.22. The average molecular weight is 670 g/mol. The zero-order valence-corrected chi connectivity index (χ0v) is 26.5. The van der Waals surface area contributed by atoms with Crippen LogP contribution in [0.3, 0.4) is 0 Å². The Morgan fingerprint density at radius 1 is 0.915 bits per heavy atom. The largest absolute Gasteiger partial charge is 0.383 e. The number of ether oxygens (including phenoxy) is 1. The molecule has 14 heteroatoms.